The lowest BCUT2D eigenvalue weighted by molar-refractivity contribution is 0.387. The van der Waals surface area contributed by atoms with Crippen molar-refractivity contribution in [3.05, 3.63) is 0 Å². The standard InChI is InChI=1S/C12H23N3O2S/c13-12(14)8-9-15(10-6-7-10)18(16,17)11-4-2-1-3-5-11/h10-11H,1-9H2,(H3,13,14). The summed E-state index contributed by atoms with van der Waals surface area (Å²) in [7, 11) is -3.18. The molecule has 0 bridgehead atoms. The van der Waals surface area contributed by atoms with Gasteiger partial charge in [-0.1, -0.05) is 19.3 Å². The molecule has 2 fully saturated rings. The first-order valence-corrected chi connectivity index (χ1v) is 8.35. The van der Waals surface area contributed by atoms with Crippen molar-refractivity contribution in [2.45, 2.75) is 62.7 Å². The molecule has 6 heteroatoms. The molecule has 0 saturated heterocycles. The van der Waals surface area contributed by atoms with E-state index in [2.05, 4.69) is 0 Å². The van der Waals surface area contributed by atoms with E-state index in [-0.39, 0.29) is 17.1 Å². The minimum absolute atomic E-state index is 0.0690. The van der Waals surface area contributed by atoms with Gasteiger partial charge in [0.1, 0.15) is 0 Å². The number of nitrogens with two attached hydrogens (primary N) is 1. The Morgan fingerprint density at radius 2 is 1.78 bits per heavy atom. The summed E-state index contributed by atoms with van der Waals surface area (Å²) >= 11 is 0. The van der Waals surface area contributed by atoms with Crippen LogP contribution in [0.1, 0.15) is 51.4 Å². The smallest absolute Gasteiger partial charge is 0.217 e. The van der Waals surface area contributed by atoms with Crippen molar-refractivity contribution in [3.8, 4) is 0 Å². The molecule has 2 rings (SSSR count). The zero-order chi connectivity index (χ0) is 13.2. The molecule has 0 aromatic heterocycles. The predicted molar refractivity (Wildman–Crippen MR) is 72.1 cm³/mol. The third-order valence-electron chi connectivity index (χ3n) is 3.86. The average molecular weight is 273 g/mol. The maximum atomic E-state index is 12.6. The summed E-state index contributed by atoms with van der Waals surface area (Å²) in [6, 6.07) is 0.177. The summed E-state index contributed by atoms with van der Waals surface area (Å²) in [6.07, 6.45) is 7.07. The van der Waals surface area contributed by atoms with Crippen LogP contribution in [-0.2, 0) is 10.0 Å². The maximum absolute atomic E-state index is 12.6. The molecule has 104 valence electrons. The highest BCUT2D eigenvalue weighted by Crippen LogP contribution is 2.34. The van der Waals surface area contributed by atoms with Crippen molar-refractivity contribution in [3.63, 3.8) is 0 Å². The Morgan fingerprint density at radius 3 is 2.28 bits per heavy atom. The second kappa shape index (κ2) is 5.57. The molecule has 0 aliphatic heterocycles. The van der Waals surface area contributed by atoms with Gasteiger partial charge in [0, 0.05) is 19.0 Å². The highest BCUT2D eigenvalue weighted by molar-refractivity contribution is 7.89. The Bertz CT molecular complexity index is 398. The fraction of sp³-hybridized carbons (Fsp3) is 0.917. The van der Waals surface area contributed by atoms with Crippen molar-refractivity contribution in [1.82, 2.24) is 4.31 Å². The van der Waals surface area contributed by atoms with E-state index in [9.17, 15) is 8.42 Å². The second-order valence-corrected chi connectivity index (χ2v) is 7.59. The summed E-state index contributed by atoms with van der Waals surface area (Å²) in [4.78, 5) is 0. The number of nitrogens with one attached hydrogen (secondary N) is 1. The highest BCUT2D eigenvalue weighted by atomic mass is 32.2. The Labute approximate surface area is 109 Å². The summed E-state index contributed by atoms with van der Waals surface area (Å²) < 4.78 is 26.8. The van der Waals surface area contributed by atoms with E-state index < -0.39 is 10.0 Å². The molecule has 3 N–H and O–H groups in total. The fourth-order valence-electron chi connectivity index (χ4n) is 2.67. The van der Waals surface area contributed by atoms with Crippen LogP contribution in [0.15, 0.2) is 0 Å². The maximum Gasteiger partial charge on any atom is 0.217 e. The van der Waals surface area contributed by atoms with E-state index >= 15 is 0 Å². The summed E-state index contributed by atoms with van der Waals surface area (Å²) in [5.41, 5.74) is 5.34. The molecule has 2 aliphatic carbocycles. The third-order valence-corrected chi connectivity index (χ3v) is 6.30. The fourth-order valence-corrected chi connectivity index (χ4v) is 4.95. The summed E-state index contributed by atoms with van der Waals surface area (Å²) in [5.74, 6) is 0.0690. The normalized spacial score (nSPS) is 22.3. The van der Waals surface area contributed by atoms with E-state index in [1.165, 1.54) is 0 Å². The molecule has 0 heterocycles. The van der Waals surface area contributed by atoms with Gasteiger partial charge >= 0.3 is 0 Å². The summed E-state index contributed by atoms with van der Waals surface area (Å²) in [6.45, 7) is 0.388. The van der Waals surface area contributed by atoms with Gasteiger partial charge in [0.05, 0.1) is 11.1 Å². The first kappa shape index (κ1) is 13.8. The summed E-state index contributed by atoms with van der Waals surface area (Å²) in [5, 5.41) is 7.06. The minimum atomic E-state index is -3.18. The van der Waals surface area contributed by atoms with Crippen molar-refractivity contribution in [1.29, 1.82) is 5.41 Å². The van der Waals surface area contributed by atoms with Crippen LogP contribution in [0.3, 0.4) is 0 Å². The van der Waals surface area contributed by atoms with Crippen LogP contribution in [-0.4, -0.2) is 36.4 Å². The average Bonchev–Trinajstić information content (AvgIpc) is 3.14. The molecule has 0 aromatic rings. The quantitative estimate of drug-likeness (QED) is 0.567. The van der Waals surface area contributed by atoms with Crippen LogP contribution in [0, 0.1) is 5.41 Å². The Morgan fingerprint density at radius 1 is 1.17 bits per heavy atom. The largest absolute Gasteiger partial charge is 0.388 e. The minimum Gasteiger partial charge on any atom is -0.388 e. The van der Waals surface area contributed by atoms with Gasteiger partial charge < -0.3 is 5.73 Å². The Balaban J connectivity index is 2.05. The molecule has 18 heavy (non-hydrogen) atoms. The molecule has 0 atom stereocenters. The van der Waals surface area contributed by atoms with Gasteiger partial charge in [0.25, 0.3) is 0 Å². The monoisotopic (exact) mass is 273 g/mol. The second-order valence-electron chi connectivity index (χ2n) is 5.42. The first-order chi connectivity index (χ1) is 8.51. The molecular formula is C12H23N3O2S. The van der Waals surface area contributed by atoms with Crippen molar-refractivity contribution < 1.29 is 8.42 Å². The number of hydrogen-bond donors (Lipinski definition) is 2. The molecule has 0 unspecified atom stereocenters. The van der Waals surface area contributed by atoms with Crippen LogP contribution in [0.25, 0.3) is 0 Å². The van der Waals surface area contributed by atoms with Crippen LogP contribution in [0.5, 0.6) is 0 Å². The Hall–Kier alpha value is -0.620. The van der Waals surface area contributed by atoms with Crippen LogP contribution in [0.2, 0.25) is 0 Å². The highest BCUT2D eigenvalue weighted by Gasteiger charge is 2.41. The zero-order valence-electron chi connectivity index (χ0n) is 10.8. The van der Waals surface area contributed by atoms with E-state index in [1.807, 2.05) is 0 Å². The van der Waals surface area contributed by atoms with Gasteiger partial charge in [-0.15, -0.1) is 0 Å². The third kappa shape index (κ3) is 3.23. The molecule has 0 amide bonds. The number of rotatable bonds is 6. The van der Waals surface area contributed by atoms with Crippen LogP contribution >= 0.6 is 0 Å². The van der Waals surface area contributed by atoms with Crippen molar-refractivity contribution >= 4 is 15.9 Å². The van der Waals surface area contributed by atoms with Crippen LogP contribution in [0.4, 0.5) is 0 Å². The first-order valence-electron chi connectivity index (χ1n) is 6.85. The molecule has 0 spiro atoms. The molecule has 0 radical (unpaired) electrons. The van der Waals surface area contributed by atoms with E-state index in [4.69, 9.17) is 11.1 Å². The number of sulfonamides is 1. The van der Waals surface area contributed by atoms with Gasteiger partial charge in [0.15, 0.2) is 0 Å². The van der Waals surface area contributed by atoms with Crippen molar-refractivity contribution in [2.75, 3.05) is 6.54 Å². The van der Waals surface area contributed by atoms with E-state index in [0.29, 0.717) is 13.0 Å². The predicted octanol–water partition coefficient (Wildman–Crippen LogP) is 1.44. The van der Waals surface area contributed by atoms with E-state index in [1.54, 1.807) is 4.31 Å². The molecular weight excluding hydrogens is 250 g/mol. The number of amidine groups is 1. The Kier molecular flexibility index (Phi) is 4.27. The van der Waals surface area contributed by atoms with Gasteiger partial charge in [-0.2, -0.15) is 4.31 Å². The van der Waals surface area contributed by atoms with Gasteiger partial charge in [-0.05, 0) is 25.7 Å². The molecule has 0 aromatic carbocycles. The molecule has 2 aliphatic rings. The number of nitrogens with zero attached hydrogens (tertiary/aromatic N) is 1. The van der Waals surface area contributed by atoms with Gasteiger partial charge in [0.2, 0.25) is 10.0 Å². The van der Waals surface area contributed by atoms with Crippen molar-refractivity contribution in [2.24, 2.45) is 5.73 Å². The molecule has 2 saturated carbocycles. The van der Waals surface area contributed by atoms with Gasteiger partial charge in [-0.3, -0.25) is 5.41 Å². The zero-order valence-corrected chi connectivity index (χ0v) is 11.6. The molecule has 5 nitrogen and oxygen atoms in total. The SMILES string of the molecule is N=C(N)CCN(C1CC1)S(=O)(=O)C1CCCCC1. The van der Waals surface area contributed by atoms with Crippen LogP contribution < -0.4 is 5.73 Å². The number of hydrogen-bond acceptors (Lipinski definition) is 3. The van der Waals surface area contributed by atoms with E-state index in [0.717, 1.165) is 44.9 Å². The van der Waals surface area contributed by atoms with Gasteiger partial charge in [-0.25, -0.2) is 8.42 Å². The topological polar surface area (TPSA) is 87.2 Å². The lowest BCUT2D eigenvalue weighted by atomic mass is 10.0. The lowest BCUT2D eigenvalue weighted by Crippen LogP contribution is -2.42. The lowest BCUT2D eigenvalue weighted by Gasteiger charge is -2.29.